The van der Waals surface area contributed by atoms with Crippen molar-refractivity contribution in [3.63, 3.8) is 0 Å². The molecule has 2 rings (SSSR count). The zero-order chi connectivity index (χ0) is 15.8. The van der Waals surface area contributed by atoms with Gasteiger partial charge in [-0.25, -0.2) is 9.78 Å². The number of anilines is 1. The molecule has 1 fully saturated rings. The summed E-state index contributed by atoms with van der Waals surface area (Å²) < 4.78 is 0. The summed E-state index contributed by atoms with van der Waals surface area (Å²) in [6.07, 6.45) is 1.75. The van der Waals surface area contributed by atoms with Crippen molar-refractivity contribution >= 4 is 19.9 Å². The van der Waals surface area contributed by atoms with Crippen molar-refractivity contribution in [1.29, 1.82) is 0 Å². The van der Waals surface area contributed by atoms with Gasteiger partial charge in [0, 0.05) is 18.8 Å². The molecular formula is C16H23N3OSi. The highest BCUT2D eigenvalue weighted by atomic mass is 28.3. The lowest BCUT2D eigenvalue weighted by molar-refractivity contribution is 0.198. The highest BCUT2D eigenvalue weighted by molar-refractivity contribution is 6.83. The van der Waals surface area contributed by atoms with Crippen LogP contribution in [0, 0.1) is 11.5 Å². The van der Waals surface area contributed by atoms with Gasteiger partial charge in [-0.3, -0.25) is 4.90 Å². The van der Waals surface area contributed by atoms with Gasteiger partial charge in [0.15, 0.2) is 0 Å². The number of hydrogen-bond acceptors (Lipinski definition) is 2. The molecule has 4 nitrogen and oxygen atoms in total. The third-order valence-corrected chi connectivity index (χ3v) is 4.45. The summed E-state index contributed by atoms with van der Waals surface area (Å²) >= 11 is 0. The number of carbonyl (C=O) groups excluding carboxylic acids is 1. The first kappa shape index (κ1) is 15.6. The van der Waals surface area contributed by atoms with Crippen molar-refractivity contribution in [1.82, 2.24) is 9.88 Å². The van der Waals surface area contributed by atoms with Gasteiger partial charge in [-0.05, 0) is 26.0 Å². The summed E-state index contributed by atoms with van der Waals surface area (Å²) in [5, 5.41) is 0. The SMILES string of the molecule is CN1C(=O)N(c2ccc(C#C[Si](C)(C)C)cn2)CC1(C)C. The minimum atomic E-state index is -1.38. The molecule has 0 aromatic carbocycles. The lowest BCUT2D eigenvalue weighted by atomic mass is 10.1. The number of hydrogen-bond donors (Lipinski definition) is 0. The number of aromatic nitrogens is 1. The van der Waals surface area contributed by atoms with Gasteiger partial charge >= 0.3 is 6.03 Å². The molecule has 0 N–H and O–H groups in total. The Labute approximate surface area is 128 Å². The van der Waals surface area contributed by atoms with Gasteiger partial charge in [0.1, 0.15) is 13.9 Å². The van der Waals surface area contributed by atoms with Crippen molar-refractivity contribution in [3.05, 3.63) is 23.9 Å². The molecular weight excluding hydrogens is 278 g/mol. The van der Waals surface area contributed by atoms with E-state index in [1.807, 2.05) is 19.2 Å². The Morgan fingerprint density at radius 3 is 2.38 bits per heavy atom. The molecule has 1 aliphatic rings. The summed E-state index contributed by atoms with van der Waals surface area (Å²) in [5.74, 6) is 3.86. The summed E-state index contributed by atoms with van der Waals surface area (Å²) in [6.45, 7) is 11.4. The van der Waals surface area contributed by atoms with Crippen LogP contribution >= 0.6 is 0 Å². The summed E-state index contributed by atoms with van der Waals surface area (Å²) in [6, 6.07) is 3.81. The number of likely N-dealkylation sites (N-methyl/N-ethyl adjacent to an activating group) is 1. The van der Waals surface area contributed by atoms with Gasteiger partial charge in [0.2, 0.25) is 0 Å². The maximum absolute atomic E-state index is 12.3. The third kappa shape index (κ3) is 3.45. The minimum Gasteiger partial charge on any atom is -0.320 e. The van der Waals surface area contributed by atoms with Crippen molar-refractivity contribution in [2.45, 2.75) is 39.0 Å². The van der Waals surface area contributed by atoms with E-state index in [-0.39, 0.29) is 11.6 Å². The molecule has 2 heterocycles. The molecule has 0 spiro atoms. The van der Waals surface area contributed by atoms with E-state index in [9.17, 15) is 4.79 Å². The third-order valence-electron chi connectivity index (χ3n) is 3.58. The number of urea groups is 1. The van der Waals surface area contributed by atoms with E-state index in [0.717, 1.165) is 5.56 Å². The predicted molar refractivity (Wildman–Crippen MR) is 89.0 cm³/mol. The zero-order valence-electron chi connectivity index (χ0n) is 13.7. The topological polar surface area (TPSA) is 36.4 Å². The highest BCUT2D eigenvalue weighted by Gasteiger charge is 2.41. The Hall–Kier alpha value is -1.80. The first-order valence-electron chi connectivity index (χ1n) is 7.15. The molecule has 0 atom stereocenters. The average Bonchev–Trinajstić information content (AvgIpc) is 2.60. The van der Waals surface area contributed by atoms with E-state index in [4.69, 9.17) is 0 Å². The van der Waals surface area contributed by atoms with Crippen LogP contribution < -0.4 is 4.90 Å². The minimum absolute atomic E-state index is 0.00608. The molecule has 1 aromatic heterocycles. The van der Waals surface area contributed by atoms with Gasteiger partial charge in [-0.1, -0.05) is 25.6 Å². The fourth-order valence-corrected chi connectivity index (χ4v) is 2.58. The van der Waals surface area contributed by atoms with Crippen molar-refractivity contribution in [3.8, 4) is 11.5 Å². The Morgan fingerprint density at radius 1 is 1.29 bits per heavy atom. The average molecular weight is 301 g/mol. The van der Waals surface area contributed by atoms with E-state index in [1.165, 1.54) is 0 Å². The Morgan fingerprint density at radius 2 is 1.95 bits per heavy atom. The fourth-order valence-electron chi connectivity index (χ4n) is 2.06. The molecule has 0 unspecified atom stereocenters. The van der Waals surface area contributed by atoms with Crippen LogP contribution in [-0.4, -0.2) is 43.1 Å². The van der Waals surface area contributed by atoms with Gasteiger partial charge < -0.3 is 4.90 Å². The Bertz CT molecular complexity index is 605. The van der Waals surface area contributed by atoms with Crippen LogP contribution in [0.4, 0.5) is 10.6 Å². The zero-order valence-corrected chi connectivity index (χ0v) is 14.7. The maximum atomic E-state index is 12.3. The van der Waals surface area contributed by atoms with E-state index >= 15 is 0 Å². The van der Waals surface area contributed by atoms with Crippen LogP contribution in [0.3, 0.4) is 0 Å². The Balaban J connectivity index is 2.20. The number of rotatable bonds is 1. The van der Waals surface area contributed by atoms with Crippen LogP contribution in [0.5, 0.6) is 0 Å². The molecule has 0 saturated carbocycles. The summed E-state index contributed by atoms with van der Waals surface area (Å²) in [4.78, 5) is 20.1. The molecule has 0 radical (unpaired) electrons. The van der Waals surface area contributed by atoms with Crippen molar-refractivity contribution in [2.24, 2.45) is 0 Å². The fraction of sp³-hybridized carbons (Fsp3) is 0.500. The molecule has 2 amide bonds. The van der Waals surface area contributed by atoms with Crippen LogP contribution in [0.25, 0.3) is 0 Å². The van der Waals surface area contributed by atoms with E-state index in [0.29, 0.717) is 12.4 Å². The molecule has 0 aliphatic carbocycles. The van der Waals surface area contributed by atoms with E-state index in [2.05, 4.69) is 49.9 Å². The van der Waals surface area contributed by atoms with Gasteiger partial charge in [0.25, 0.3) is 0 Å². The first-order chi connectivity index (χ1) is 9.60. The highest BCUT2D eigenvalue weighted by Crippen LogP contribution is 2.27. The number of carbonyl (C=O) groups is 1. The van der Waals surface area contributed by atoms with Crippen molar-refractivity contribution < 1.29 is 4.79 Å². The monoisotopic (exact) mass is 301 g/mol. The lowest BCUT2D eigenvalue weighted by Crippen LogP contribution is -2.38. The van der Waals surface area contributed by atoms with Crippen molar-refractivity contribution in [2.75, 3.05) is 18.5 Å². The molecule has 5 heteroatoms. The second-order valence-corrected chi connectivity index (χ2v) is 11.9. The van der Waals surface area contributed by atoms with Crippen LogP contribution in [0.2, 0.25) is 19.6 Å². The number of nitrogens with zero attached hydrogens (tertiary/aromatic N) is 3. The second kappa shape index (κ2) is 5.19. The molecule has 21 heavy (non-hydrogen) atoms. The standard InChI is InChI=1S/C16H23N3OSi/c1-16(2)12-19(15(20)18(16)3)14-8-7-13(11-17-14)9-10-21(4,5)6/h7-8,11H,12H2,1-6H3. The van der Waals surface area contributed by atoms with Gasteiger partial charge in [0.05, 0.1) is 12.1 Å². The predicted octanol–water partition coefficient (Wildman–Crippen LogP) is 2.96. The van der Waals surface area contributed by atoms with Crippen LogP contribution in [0.15, 0.2) is 18.3 Å². The van der Waals surface area contributed by atoms with Gasteiger partial charge in [-0.2, -0.15) is 0 Å². The Kier molecular flexibility index (Phi) is 3.85. The van der Waals surface area contributed by atoms with E-state index < -0.39 is 8.07 Å². The largest absolute Gasteiger partial charge is 0.325 e. The number of pyridine rings is 1. The maximum Gasteiger partial charge on any atom is 0.325 e. The molecule has 0 bridgehead atoms. The molecule has 112 valence electrons. The normalized spacial score (nSPS) is 17.7. The van der Waals surface area contributed by atoms with Crippen LogP contribution in [0.1, 0.15) is 19.4 Å². The first-order valence-corrected chi connectivity index (χ1v) is 10.6. The molecule has 1 aromatic rings. The number of amides is 2. The second-order valence-electron chi connectivity index (χ2n) is 7.15. The smallest absolute Gasteiger partial charge is 0.320 e. The lowest BCUT2D eigenvalue weighted by Gasteiger charge is -2.24. The quantitative estimate of drug-likeness (QED) is 0.590. The van der Waals surface area contributed by atoms with Crippen LogP contribution in [-0.2, 0) is 0 Å². The summed E-state index contributed by atoms with van der Waals surface area (Å²) in [5.41, 5.74) is 4.05. The van der Waals surface area contributed by atoms with Gasteiger partial charge in [-0.15, -0.1) is 5.54 Å². The molecule has 1 saturated heterocycles. The molecule has 1 aliphatic heterocycles. The summed E-state index contributed by atoms with van der Waals surface area (Å²) in [7, 11) is 0.451. The van der Waals surface area contributed by atoms with E-state index in [1.54, 1.807) is 16.0 Å².